The Kier molecular flexibility index (Phi) is 3.53. The molecule has 0 aliphatic heterocycles. The van der Waals surface area contributed by atoms with Crippen LogP contribution in [0.15, 0.2) is 18.2 Å². The van der Waals surface area contributed by atoms with Crippen LogP contribution in [0.1, 0.15) is 38.8 Å². The first-order valence-electron chi connectivity index (χ1n) is 6.46. The number of benzene rings is 1. The second-order valence-electron chi connectivity index (χ2n) is 5.75. The van der Waals surface area contributed by atoms with E-state index in [0.29, 0.717) is 17.5 Å². The summed E-state index contributed by atoms with van der Waals surface area (Å²) in [5, 5.41) is 3.65. The summed E-state index contributed by atoms with van der Waals surface area (Å²) in [6.45, 7) is 6.79. The molecule has 2 unspecified atom stereocenters. The Labute approximate surface area is 109 Å². The van der Waals surface area contributed by atoms with E-state index < -0.39 is 0 Å². The lowest BCUT2D eigenvalue weighted by molar-refractivity contribution is 0.354. The van der Waals surface area contributed by atoms with Gasteiger partial charge in [-0.05, 0) is 36.5 Å². The van der Waals surface area contributed by atoms with Crippen LogP contribution >= 0.6 is 0 Å². The molecule has 18 heavy (non-hydrogen) atoms. The molecule has 0 spiro atoms. The number of hydrogen-bond acceptors (Lipinski definition) is 3. The second kappa shape index (κ2) is 4.81. The summed E-state index contributed by atoms with van der Waals surface area (Å²) in [5.41, 5.74) is 1.68. The topological polar surface area (TPSA) is 30.5 Å². The lowest BCUT2D eigenvalue weighted by Gasteiger charge is -2.17. The predicted molar refractivity (Wildman–Crippen MR) is 73.3 cm³/mol. The summed E-state index contributed by atoms with van der Waals surface area (Å²) >= 11 is 0. The summed E-state index contributed by atoms with van der Waals surface area (Å²) in [6, 6.07) is 7.06. The predicted octanol–water partition coefficient (Wildman–Crippen LogP) is 3.15. The minimum absolute atomic E-state index is 0.330. The van der Waals surface area contributed by atoms with E-state index in [0.717, 1.165) is 11.5 Å². The molecular weight excluding hydrogens is 226 g/mol. The zero-order valence-electron chi connectivity index (χ0n) is 11.9. The minimum atomic E-state index is 0.330. The third kappa shape index (κ3) is 2.61. The van der Waals surface area contributed by atoms with Gasteiger partial charge in [-0.1, -0.05) is 19.9 Å². The van der Waals surface area contributed by atoms with Crippen LogP contribution in [-0.4, -0.2) is 20.3 Å². The van der Waals surface area contributed by atoms with E-state index in [4.69, 9.17) is 9.47 Å². The van der Waals surface area contributed by atoms with Gasteiger partial charge in [-0.25, -0.2) is 0 Å². The Balaban J connectivity index is 2.08. The Morgan fingerprint density at radius 1 is 1.22 bits per heavy atom. The molecule has 3 nitrogen and oxygen atoms in total. The molecule has 1 N–H and O–H groups in total. The number of methoxy groups -OCH3 is 2. The maximum atomic E-state index is 5.34. The van der Waals surface area contributed by atoms with Crippen molar-refractivity contribution in [2.24, 2.45) is 5.41 Å². The number of nitrogens with one attached hydrogen (secondary N) is 1. The van der Waals surface area contributed by atoms with Gasteiger partial charge in [0.1, 0.15) is 0 Å². The third-order valence-corrected chi connectivity index (χ3v) is 3.87. The van der Waals surface area contributed by atoms with Gasteiger partial charge in [0, 0.05) is 12.1 Å². The van der Waals surface area contributed by atoms with E-state index >= 15 is 0 Å². The maximum absolute atomic E-state index is 5.34. The van der Waals surface area contributed by atoms with Gasteiger partial charge in [-0.15, -0.1) is 0 Å². The largest absolute Gasteiger partial charge is 0.493 e. The molecule has 1 aromatic carbocycles. The van der Waals surface area contributed by atoms with Crippen LogP contribution in [-0.2, 0) is 0 Å². The van der Waals surface area contributed by atoms with Crippen LogP contribution in [0.2, 0.25) is 0 Å². The van der Waals surface area contributed by atoms with Crippen molar-refractivity contribution in [3.63, 3.8) is 0 Å². The molecule has 2 atom stereocenters. The van der Waals surface area contributed by atoms with Crippen LogP contribution in [0.4, 0.5) is 0 Å². The number of rotatable bonds is 5. The van der Waals surface area contributed by atoms with E-state index in [1.54, 1.807) is 14.2 Å². The molecule has 0 aromatic heterocycles. The van der Waals surface area contributed by atoms with Crippen molar-refractivity contribution >= 4 is 0 Å². The molecule has 2 rings (SSSR count). The molecule has 1 aromatic rings. The molecule has 1 aliphatic carbocycles. The van der Waals surface area contributed by atoms with Crippen molar-refractivity contribution in [3.8, 4) is 11.5 Å². The summed E-state index contributed by atoms with van der Waals surface area (Å²) in [5.74, 6) is 1.57. The molecule has 1 fully saturated rings. The third-order valence-electron chi connectivity index (χ3n) is 3.87. The number of hydrogen-bond donors (Lipinski definition) is 1. The molecule has 0 bridgehead atoms. The summed E-state index contributed by atoms with van der Waals surface area (Å²) < 4.78 is 10.6. The monoisotopic (exact) mass is 249 g/mol. The molecule has 1 saturated carbocycles. The summed E-state index contributed by atoms with van der Waals surface area (Å²) in [7, 11) is 3.33. The molecule has 0 heterocycles. The van der Waals surface area contributed by atoms with Gasteiger partial charge in [0.25, 0.3) is 0 Å². The summed E-state index contributed by atoms with van der Waals surface area (Å²) in [4.78, 5) is 0. The van der Waals surface area contributed by atoms with Crippen molar-refractivity contribution in [1.29, 1.82) is 0 Å². The van der Waals surface area contributed by atoms with Crippen LogP contribution in [0.25, 0.3) is 0 Å². The van der Waals surface area contributed by atoms with E-state index in [9.17, 15) is 0 Å². The highest BCUT2D eigenvalue weighted by molar-refractivity contribution is 5.43. The van der Waals surface area contributed by atoms with E-state index in [1.807, 2.05) is 12.1 Å². The van der Waals surface area contributed by atoms with Crippen LogP contribution in [0, 0.1) is 5.41 Å². The standard InChI is InChI=1S/C15H23NO2/c1-10(16-14-9-15(14,2)3)11-6-7-12(17-4)13(8-11)18-5/h6-8,10,14,16H,9H2,1-5H3. The lowest BCUT2D eigenvalue weighted by atomic mass is 10.1. The van der Waals surface area contributed by atoms with Gasteiger partial charge in [0.05, 0.1) is 14.2 Å². The highest BCUT2D eigenvalue weighted by Gasteiger charge is 2.45. The van der Waals surface area contributed by atoms with Crippen LogP contribution in [0.5, 0.6) is 11.5 Å². The zero-order chi connectivity index (χ0) is 13.3. The van der Waals surface area contributed by atoms with Gasteiger partial charge in [-0.3, -0.25) is 0 Å². The first-order chi connectivity index (χ1) is 8.47. The quantitative estimate of drug-likeness (QED) is 0.869. The van der Waals surface area contributed by atoms with Crippen molar-refractivity contribution in [1.82, 2.24) is 5.32 Å². The fourth-order valence-corrected chi connectivity index (χ4v) is 2.27. The van der Waals surface area contributed by atoms with Crippen molar-refractivity contribution in [3.05, 3.63) is 23.8 Å². The molecule has 100 valence electrons. The van der Waals surface area contributed by atoms with Crippen molar-refractivity contribution in [2.75, 3.05) is 14.2 Å². The smallest absolute Gasteiger partial charge is 0.161 e. The summed E-state index contributed by atoms with van der Waals surface area (Å²) in [6.07, 6.45) is 1.25. The van der Waals surface area contributed by atoms with Gasteiger partial charge in [0.15, 0.2) is 11.5 Å². The zero-order valence-corrected chi connectivity index (χ0v) is 11.9. The number of ether oxygens (including phenoxy) is 2. The second-order valence-corrected chi connectivity index (χ2v) is 5.75. The first-order valence-corrected chi connectivity index (χ1v) is 6.46. The minimum Gasteiger partial charge on any atom is -0.493 e. The molecule has 3 heteroatoms. The van der Waals surface area contributed by atoms with Crippen LogP contribution in [0.3, 0.4) is 0 Å². The maximum Gasteiger partial charge on any atom is 0.161 e. The SMILES string of the molecule is COc1ccc(C(C)NC2CC2(C)C)cc1OC. The highest BCUT2D eigenvalue weighted by Crippen LogP contribution is 2.45. The van der Waals surface area contributed by atoms with E-state index in [1.165, 1.54) is 12.0 Å². The first kappa shape index (κ1) is 13.2. The average Bonchev–Trinajstić information content (AvgIpc) is 2.95. The Morgan fingerprint density at radius 2 is 1.83 bits per heavy atom. The molecule has 1 aliphatic rings. The van der Waals surface area contributed by atoms with Crippen molar-refractivity contribution < 1.29 is 9.47 Å². The lowest BCUT2D eigenvalue weighted by Crippen LogP contribution is -2.24. The van der Waals surface area contributed by atoms with E-state index in [-0.39, 0.29) is 0 Å². The molecular formula is C15H23NO2. The fraction of sp³-hybridized carbons (Fsp3) is 0.600. The molecule has 0 radical (unpaired) electrons. The van der Waals surface area contributed by atoms with Gasteiger partial charge < -0.3 is 14.8 Å². The van der Waals surface area contributed by atoms with E-state index in [2.05, 4.69) is 32.2 Å². The highest BCUT2D eigenvalue weighted by atomic mass is 16.5. The Hall–Kier alpha value is -1.22. The normalized spacial score (nSPS) is 22.4. The Morgan fingerprint density at radius 3 is 2.33 bits per heavy atom. The van der Waals surface area contributed by atoms with Gasteiger partial charge >= 0.3 is 0 Å². The average molecular weight is 249 g/mol. The van der Waals surface area contributed by atoms with Gasteiger partial charge in [-0.2, -0.15) is 0 Å². The molecule has 0 amide bonds. The van der Waals surface area contributed by atoms with Crippen molar-refractivity contribution in [2.45, 2.75) is 39.3 Å². The molecule has 0 saturated heterocycles. The Bertz CT molecular complexity index is 429. The van der Waals surface area contributed by atoms with Gasteiger partial charge in [0.2, 0.25) is 0 Å². The van der Waals surface area contributed by atoms with Crippen LogP contribution < -0.4 is 14.8 Å². The fourth-order valence-electron chi connectivity index (χ4n) is 2.27.